The Morgan fingerprint density at radius 3 is 2.87 bits per heavy atom. The van der Waals surface area contributed by atoms with Crippen molar-refractivity contribution in [3.05, 3.63) is 35.4 Å². The second kappa shape index (κ2) is 4.66. The minimum atomic E-state index is -1.49. The molecule has 1 saturated carbocycles. The van der Waals surface area contributed by atoms with Gasteiger partial charge in [0.1, 0.15) is 0 Å². The topological polar surface area (TPSA) is 69.7 Å². The van der Waals surface area contributed by atoms with Crippen molar-refractivity contribution < 1.29 is 23.9 Å². The second-order valence-electron chi connectivity index (χ2n) is 6.48. The predicted molar refractivity (Wildman–Crippen MR) is 79.9 cm³/mol. The quantitative estimate of drug-likeness (QED) is 0.618. The van der Waals surface area contributed by atoms with E-state index in [-0.39, 0.29) is 12.4 Å². The summed E-state index contributed by atoms with van der Waals surface area (Å²) in [7, 11) is 0. The van der Waals surface area contributed by atoms with E-state index in [0.717, 1.165) is 12.8 Å². The van der Waals surface area contributed by atoms with Crippen LogP contribution in [-0.4, -0.2) is 29.9 Å². The first-order valence-corrected chi connectivity index (χ1v) is 8.14. The van der Waals surface area contributed by atoms with Crippen LogP contribution in [-0.2, 0) is 24.5 Å². The lowest BCUT2D eigenvalue weighted by Crippen LogP contribution is -2.58. The van der Waals surface area contributed by atoms with Crippen molar-refractivity contribution in [3.8, 4) is 0 Å². The van der Waals surface area contributed by atoms with Crippen molar-refractivity contribution in [2.24, 2.45) is 5.92 Å². The SMILES string of the molecule is CCOC(=O)[C@]12C(=O)O[C@@]3(CCCC[C@H]13)C(=O)c1ccccc12. The standard InChI is InChI=1S/C18H18O5/c1-2-22-15(20)18-12-8-4-3-7-11(12)14(19)17(23-16(18)21)10-6-5-9-13(17)18/h3-4,7-8,13H,2,5-6,9-10H2,1H3/t13-,17+,18+/m0/s1. The number of esters is 2. The Kier molecular flexibility index (Phi) is 2.92. The zero-order valence-corrected chi connectivity index (χ0v) is 13.0. The highest BCUT2D eigenvalue weighted by Gasteiger charge is 2.76. The average Bonchev–Trinajstić information content (AvgIpc) is 2.80. The number of ether oxygens (including phenoxy) is 2. The van der Waals surface area contributed by atoms with Crippen LogP contribution < -0.4 is 0 Å². The van der Waals surface area contributed by atoms with Crippen molar-refractivity contribution in [1.82, 2.24) is 0 Å². The van der Waals surface area contributed by atoms with Crippen LogP contribution in [0.2, 0.25) is 0 Å². The molecule has 4 rings (SSSR count). The van der Waals surface area contributed by atoms with Gasteiger partial charge in [-0.05, 0) is 31.7 Å². The van der Waals surface area contributed by atoms with Crippen LogP contribution in [0.15, 0.2) is 24.3 Å². The van der Waals surface area contributed by atoms with Gasteiger partial charge in [0.05, 0.1) is 6.61 Å². The Labute approximate surface area is 134 Å². The third-order valence-electron chi connectivity index (χ3n) is 5.55. The molecule has 2 bridgehead atoms. The van der Waals surface area contributed by atoms with Gasteiger partial charge in [0.15, 0.2) is 11.0 Å². The lowest BCUT2D eigenvalue weighted by atomic mass is 9.55. The first-order valence-electron chi connectivity index (χ1n) is 8.14. The summed E-state index contributed by atoms with van der Waals surface area (Å²) in [5.41, 5.74) is -1.80. The Bertz CT molecular complexity index is 724. The van der Waals surface area contributed by atoms with Crippen LogP contribution in [0.4, 0.5) is 0 Å². The molecule has 0 unspecified atom stereocenters. The number of carbonyl (C=O) groups is 3. The van der Waals surface area contributed by atoms with Crippen molar-refractivity contribution in [1.29, 1.82) is 0 Å². The molecule has 0 amide bonds. The van der Waals surface area contributed by atoms with Gasteiger partial charge in [-0.1, -0.05) is 30.7 Å². The Morgan fingerprint density at radius 1 is 1.30 bits per heavy atom. The van der Waals surface area contributed by atoms with Crippen molar-refractivity contribution in [2.45, 2.75) is 43.6 Å². The number of Topliss-reactive ketones (excluding diaryl/α,β-unsaturated/α-hetero) is 1. The average molecular weight is 314 g/mol. The van der Waals surface area contributed by atoms with Crippen LogP contribution in [0.5, 0.6) is 0 Å². The summed E-state index contributed by atoms with van der Waals surface area (Å²) in [4.78, 5) is 38.8. The van der Waals surface area contributed by atoms with Gasteiger partial charge in [0.2, 0.25) is 5.78 Å². The van der Waals surface area contributed by atoms with Gasteiger partial charge in [-0.3, -0.25) is 14.4 Å². The molecule has 1 aromatic carbocycles. The number of rotatable bonds is 2. The molecule has 0 radical (unpaired) electrons. The van der Waals surface area contributed by atoms with E-state index in [0.29, 0.717) is 24.0 Å². The highest BCUT2D eigenvalue weighted by atomic mass is 16.6. The highest BCUT2D eigenvalue weighted by molar-refractivity contribution is 6.19. The van der Waals surface area contributed by atoms with Gasteiger partial charge >= 0.3 is 11.9 Å². The summed E-state index contributed by atoms with van der Waals surface area (Å²) < 4.78 is 10.9. The van der Waals surface area contributed by atoms with Crippen LogP contribution in [0.3, 0.4) is 0 Å². The van der Waals surface area contributed by atoms with E-state index in [1.165, 1.54) is 0 Å². The van der Waals surface area contributed by atoms with Gasteiger partial charge in [0.25, 0.3) is 0 Å². The molecule has 0 N–H and O–H groups in total. The van der Waals surface area contributed by atoms with Gasteiger partial charge < -0.3 is 9.47 Å². The number of carbonyl (C=O) groups excluding carboxylic acids is 3. The molecule has 3 aliphatic rings. The predicted octanol–water partition coefficient (Wildman–Crippen LogP) is 2.17. The fourth-order valence-electron chi connectivity index (χ4n) is 4.67. The maximum absolute atomic E-state index is 13.1. The number of hydrogen-bond acceptors (Lipinski definition) is 5. The Hall–Kier alpha value is -2.17. The monoisotopic (exact) mass is 314 g/mol. The number of hydrogen-bond donors (Lipinski definition) is 0. The van der Waals surface area contributed by atoms with Crippen LogP contribution in [0.1, 0.15) is 48.5 Å². The van der Waals surface area contributed by atoms with Crippen molar-refractivity contribution in [2.75, 3.05) is 6.61 Å². The lowest BCUT2D eigenvalue weighted by Gasteiger charge is -2.44. The molecule has 1 saturated heterocycles. The van der Waals surface area contributed by atoms with E-state index < -0.39 is 28.9 Å². The van der Waals surface area contributed by atoms with Crippen LogP contribution in [0, 0.1) is 5.92 Å². The Balaban J connectivity index is 2.04. The van der Waals surface area contributed by atoms with Gasteiger partial charge in [-0.2, -0.15) is 0 Å². The summed E-state index contributed by atoms with van der Waals surface area (Å²) in [5.74, 6) is -1.83. The maximum atomic E-state index is 13.1. The third kappa shape index (κ3) is 1.50. The molecule has 1 aromatic rings. The zero-order chi connectivity index (χ0) is 16.2. The van der Waals surface area contributed by atoms with E-state index in [4.69, 9.17) is 9.47 Å². The van der Waals surface area contributed by atoms with E-state index in [2.05, 4.69) is 0 Å². The molecule has 2 aliphatic carbocycles. The molecule has 23 heavy (non-hydrogen) atoms. The largest absolute Gasteiger partial charge is 0.465 e. The first kappa shape index (κ1) is 14.4. The minimum Gasteiger partial charge on any atom is -0.465 e. The van der Waals surface area contributed by atoms with Crippen LogP contribution in [0.25, 0.3) is 0 Å². The molecule has 1 heterocycles. The smallest absolute Gasteiger partial charge is 0.329 e. The normalized spacial score (nSPS) is 34.4. The van der Waals surface area contributed by atoms with Gasteiger partial charge in [-0.15, -0.1) is 0 Å². The summed E-state index contributed by atoms with van der Waals surface area (Å²) in [6.45, 7) is 1.90. The summed E-state index contributed by atoms with van der Waals surface area (Å²) in [5, 5.41) is 0. The first-order chi connectivity index (χ1) is 11.1. The zero-order valence-electron chi connectivity index (χ0n) is 13.0. The fourth-order valence-corrected chi connectivity index (χ4v) is 4.67. The maximum Gasteiger partial charge on any atom is 0.329 e. The number of ketones is 1. The number of benzene rings is 1. The van der Waals surface area contributed by atoms with Crippen molar-refractivity contribution in [3.63, 3.8) is 0 Å². The molecule has 1 aliphatic heterocycles. The van der Waals surface area contributed by atoms with E-state index >= 15 is 0 Å². The van der Waals surface area contributed by atoms with E-state index in [1.54, 1.807) is 31.2 Å². The van der Waals surface area contributed by atoms with E-state index in [1.807, 2.05) is 0 Å². The summed E-state index contributed by atoms with van der Waals surface area (Å²) >= 11 is 0. The molecule has 120 valence electrons. The molecule has 5 nitrogen and oxygen atoms in total. The number of fused-ring (bicyclic) bond motifs is 2. The Morgan fingerprint density at radius 2 is 2.09 bits per heavy atom. The minimum absolute atomic E-state index is 0.163. The third-order valence-corrected chi connectivity index (χ3v) is 5.55. The molecular weight excluding hydrogens is 296 g/mol. The molecule has 2 fully saturated rings. The van der Waals surface area contributed by atoms with Crippen molar-refractivity contribution >= 4 is 17.7 Å². The molecule has 0 aromatic heterocycles. The highest BCUT2D eigenvalue weighted by Crippen LogP contribution is 2.60. The van der Waals surface area contributed by atoms with Gasteiger partial charge in [0, 0.05) is 11.5 Å². The molecule has 5 heteroatoms. The van der Waals surface area contributed by atoms with E-state index in [9.17, 15) is 14.4 Å². The molecular formula is C18H18O5. The van der Waals surface area contributed by atoms with Gasteiger partial charge in [-0.25, -0.2) is 0 Å². The van der Waals surface area contributed by atoms with Crippen LogP contribution >= 0.6 is 0 Å². The molecule has 0 spiro atoms. The molecule has 3 atom stereocenters. The summed E-state index contributed by atoms with van der Waals surface area (Å²) in [6.07, 6.45) is 2.79. The summed E-state index contributed by atoms with van der Waals surface area (Å²) in [6, 6.07) is 6.86. The fraction of sp³-hybridized carbons (Fsp3) is 0.500. The second-order valence-corrected chi connectivity index (χ2v) is 6.48. The lowest BCUT2D eigenvalue weighted by molar-refractivity contribution is -0.160.